The number of hydrogen-bond donors (Lipinski definition) is 0. The van der Waals surface area contributed by atoms with Crippen LogP contribution in [0.4, 0.5) is 0 Å². The fourth-order valence-corrected chi connectivity index (χ4v) is 6.86. The quantitative estimate of drug-likeness (QED) is 0.854. The van der Waals surface area contributed by atoms with Crippen molar-refractivity contribution in [2.75, 3.05) is 32.6 Å². The molecule has 0 unspecified atom stereocenters. The maximum absolute atomic E-state index is 12.6. The third-order valence-corrected chi connectivity index (χ3v) is 8.33. The van der Waals surface area contributed by atoms with Gasteiger partial charge in [-0.1, -0.05) is 42.5 Å². The van der Waals surface area contributed by atoms with Gasteiger partial charge in [-0.25, -0.2) is 8.42 Å². The first-order chi connectivity index (χ1) is 11.6. The van der Waals surface area contributed by atoms with E-state index in [1.165, 1.54) is 16.3 Å². The van der Waals surface area contributed by atoms with Gasteiger partial charge < -0.3 is 4.74 Å². The van der Waals surface area contributed by atoms with Gasteiger partial charge in [0.25, 0.3) is 0 Å². The third-order valence-electron chi connectivity index (χ3n) is 5.72. The second-order valence-electron chi connectivity index (χ2n) is 7.11. The summed E-state index contributed by atoms with van der Waals surface area (Å²) in [6.07, 6.45) is 0.734. The zero-order chi connectivity index (χ0) is 16.8. The van der Waals surface area contributed by atoms with E-state index in [2.05, 4.69) is 41.3 Å². The molecule has 2 fully saturated rings. The third kappa shape index (κ3) is 2.38. The number of ether oxygens (including phenoxy) is 1. The molecule has 2 aliphatic heterocycles. The molecular weight excluding hydrogens is 322 g/mol. The van der Waals surface area contributed by atoms with Gasteiger partial charge >= 0.3 is 0 Å². The first-order valence-corrected chi connectivity index (χ1v) is 10.1. The zero-order valence-corrected chi connectivity index (χ0v) is 14.8. The highest BCUT2D eigenvalue weighted by Crippen LogP contribution is 2.45. The molecule has 0 amide bonds. The minimum absolute atomic E-state index is 0.135. The predicted octanol–water partition coefficient (Wildman–Crippen LogP) is 2.48. The average Bonchev–Trinajstić information content (AvgIpc) is 2.80. The van der Waals surface area contributed by atoms with E-state index in [1.807, 2.05) is 6.07 Å². The number of hydrogen-bond acceptors (Lipinski definition) is 4. The van der Waals surface area contributed by atoms with Crippen molar-refractivity contribution in [1.29, 1.82) is 0 Å². The summed E-state index contributed by atoms with van der Waals surface area (Å²) in [7, 11) is -1.35. The monoisotopic (exact) mass is 345 g/mol. The van der Waals surface area contributed by atoms with Crippen LogP contribution in [-0.4, -0.2) is 50.6 Å². The van der Waals surface area contributed by atoms with Crippen LogP contribution in [0.5, 0.6) is 0 Å². The summed E-state index contributed by atoms with van der Waals surface area (Å²) in [5, 5.41) is 2.49. The minimum Gasteiger partial charge on any atom is -0.384 e. The Morgan fingerprint density at radius 3 is 2.71 bits per heavy atom. The van der Waals surface area contributed by atoms with Crippen LogP contribution in [0.2, 0.25) is 0 Å². The molecular formula is C19H23NO3S. The Bertz CT molecular complexity index is 851. The Hall–Kier alpha value is -1.43. The highest BCUT2D eigenvalue weighted by Gasteiger charge is 2.61. The van der Waals surface area contributed by atoms with Gasteiger partial charge in [-0.15, -0.1) is 0 Å². The van der Waals surface area contributed by atoms with Gasteiger partial charge in [0.1, 0.15) is 4.75 Å². The first-order valence-electron chi connectivity index (χ1n) is 8.46. The van der Waals surface area contributed by atoms with E-state index in [-0.39, 0.29) is 5.92 Å². The molecule has 2 aromatic carbocycles. The maximum Gasteiger partial charge on any atom is 0.158 e. The van der Waals surface area contributed by atoms with Crippen LogP contribution < -0.4 is 0 Å². The number of fused-ring (bicyclic) bond motifs is 1. The second kappa shape index (κ2) is 5.83. The molecule has 0 saturated carbocycles. The first kappa shape index (κ1) is 16.1. The van der Waals surface area contributed by atoms with E-state index in [0.29, 0.717) is 25.4 Å². The lowest BCUT2D eigenvalue weighted by atomic mass is 9.83. The van der Waals surface area contributed by atoms with Gasteiger partial charge in [-0.3, -0.25) is 4.90 Å². The SMILES string of the molecule is COC[C@H]1CCS(=O)(=O)C12CN(Cc1cccc3ccccc13)C2. The van der Waals surface area contributed by atoms with Crippen LogP contribution in [0.25, 0.3) is 10.8 Å². The number of methoxy groups -OCH3 is 1. The standard InChI is InChI=1S/C19H23NO3S/c1-23-12-17-9-10-24(21,22)19(17)13-20(14-19)11-16-7-4-6-15-5-2-3-8-18(15)16/h2-8,17H,9-14H2,1H3/t17-/m1/s1. The Morgan fingerprint density at radius 1 is 1.17 bits per heavy atom. The summed E-state index contributed by atoms with van der Waals surface area (Å²) in [5.74, 6) is 0.444. The van der Waals surface area contributed by atoms with Crippen LogP contribution >= 0.6 is 0 Å². The normalized spacial score (nSPS) is 25.1. The molecule has 0 bridgehead atoms. The van der Waals surface area contributed by atoms with Gasteiger partial charge in [-0.05, 0) is 22.8 Å². The second-order valence-corrected chi connectivity index (χ2v) is 9.56. The van der Waals surface area contributed by atoms with Crippen molar-refractivity contribution in [1.82, 2.24) is 4.90 Å². The summed E-state index contributed by atoms with van der Waals surface area (Å²) >= 11 is 0. The van der Waals surface area contributed by atoms with E-state index in [4.69, 9.17) is 4.74 Å². The molecule has 0 radical (unpaired) electrons. The largest absolute Gasteiger partial charge is 0.384 e. The molecule has 1 spiro atoms. The summed E-state index contributed by atoms with van der Waals surface area (Å²) in [5.41, 5.74) is 1.27. The van der Waals surface area contributed by atoms with E-state index >= 15 is 0 Å². The number of benzene rings is 2. The van der Waals surface area contributed by atoms with Gasteiger partial charge in [-0.2, -0.15) is 0 Å². The van der Waals surface area contributed by atoms with Gasteiger partial charge in [0.15, 0.2) is 9.84 Å². The Kier molecular flexibility index (Phi) is 3.90. The van der Waals surface area contributed by atoms with Crippen molar-refractivity contribution in [2.24, 2.45) is 5.92 Å². The van der Waals surface area contributed by atoms with E-state index < -0.39 is 14.6 Å². The molecule has 2 saturated heterocycles. The van der Waals surface area contributed by atoms with Crippen molar-refractivity contribution < 1.29 is 13.2 Å². The Balaban J connectivity index is 1.55. The fraction of sp³-hybridized carbons (Fsp3) is 0.474. The molecule has 4 nitrogen and oxygen atoms in total. The molecule has 24 heavy (non-hydrogen) atoms. The van der Waals surface area contributed by atoms with Gasteiger partial charge in [0.05, 0.1) is 12.4 Å². The fourth-order valence-electron chi connectivity index (χ4n) is 4.40. The van der Waals surface area contributed by atoms with Crippen LogP contribution in [0, 0.1) is 5.92 Å². The summed E-state index contributed by atoms with van der Waals surface area (Å²) < 4.78 is 29.9. The molecule has 2 aromatic rings. The number of likely N-dealkylation sites (tertiary alicyclic amines) is 1. The van der Waals surface area contributed by atoms with E-state index in [0.717, 1.165) is 13.0 Å². The highest BCUT2D eigenvalue weighted by atomic mass is 32.2. The van der Waals surface area contributed by atoms with Crippen molar-refractivity contribution in [3.8, 4) is 0 Å². The topological polar surface area (TPSA) is 46.6 Å². The van der Waals surface area contributed by atoms with Crippen LogP contribution in [0.3, 0.4) is 0 Å². The molecule has 0 aromatic heterocycles. The van der Waals surface area contributed by atoms with Gasteiger partial charge in [0.2, 0.25) is 0 Å². The van der Waals surface area contributed by atoms with Crippen LogP contribution in [0.15, 0.2) is 42.5 Å². The lowest BCUT2D eigenvalue weighted by Crippen LogP contribution is -2.67. The number of nitrogens with zero attached hydrogens (tertiary/aromatic N) is 1. The van der Waals surface area contributed by atoms with Crippen molar-refractivity contribution in [3.05, 3.63) is 48.0 Å². The molecule has 1 atom stereocenters. The maximum atomic E-state index is 12.6. The molecule has 0 aliphatic carbocycles. The number of sulfone groups is 1. The molecule has 2 heterocycles. The molecule has 0 N–H and O–H groups in total. The average molecular weight is 345 g/mol. The van der Waals surface area contributed by atoms with Crippen molar-refractivity contribution in [2.45, 2.75) is 17.7 Å². The Morgan fingerprint density at radius 2 is 1.92 bits per heavy atom. The molecule has 4 rings (SSSR count). The van der Waals surface area contributed by atoms with Crippen LogP contribution in [0.1, 0.15) is 12.0 Å². The molecule has 2 aliphatic rings. The summed E-state index contributed by atoms with van der Waals surface area (Å²) in [6.45, 7) is 2.61. The Labute approximate surface area is 143 Å². The smallest absolute Gasteiger partial charge is 0.158 e. The molecule has 128 valence electrons. The van der Waals surface area contributed by atoms with E-state index in [1.54, 1.807) is 7.11 Å². The predicted molar refractivity (Wildman–Crippen MR) is 95.7 cm³/mol. The lowest BCUT2D eigenvalue weighted by Gasteiger charge is -2.50. The number of rotatable bonds is 4. The lowest BCUT2D eigenvalue weighted by molar-refractivity contribution is 0.0414. The van der Waals surface area contributed by atoms with E-state index in [9.17, 15) is 8.42 Å². The highest BCUT2D eigenvalue weighted by molar-refractivity contribution is 7.93. The zero-order valence-electron chi connectivity index (χ0n) is 13.9. The van der Waals surface area contributed by atoms with Crippen molar-refractivity contribution in [3.63, 3.8) is 0 Å². The minimum atomic E-state index is -3.01. The van der Waals surface area contributed by atoms with Gasteiger partial charge in [0, 0.05) is 32.7 Å². The summed E-state index contributed by atoms with van der Waals surface area (Å²) in [4.78, 5) is 2.26. The van der Waals surface area contributed by atoms with Crippen molar-refractivity contribution >= 4 is 20.6 Å². The molecule has 5 heteroatoms. The summed E-state index contributed by atoms with van der Waals surface area (Å²) in [6, 6.07) is 14.7. The van der Waals surface area contributed by atoms with Crippen LogP contribution in [-0.2, 0) is 21.1 Å².